The quantitative estimate of drug-likeness (QED) is 0.484. The number of anilines is 1. The second-order valence-electron chi connectivity index (χ2n) is 7.37. The van der Waals surface area contributed by atoms with Gasteiger partial charge in [-0.25, -0.2) is 9.97 Å². The topological polar surface area (TPSA) is 64.3 Å². The van der Waals surface area contributed by atoms with E-state index in [1.54, 1.807) is 7.11 Å². The monoisotopic (exact) mass is 399 g/mol. The average Bonchev–Trinajstić information content (AvgIpc) is 3.19. The molecule has 1 N–H and O–H groups in total. The first-order valence-electron chi connectivity index (χ1n) is 9.88. The number of imidazole rings is 1. The van der Waals surface area contributed by atoms with Crippen LogP contribution >= 0.6 is 0 Å². The van der Waals surface area contributed by atoms with E-state index in [0.717, 1.165) is 58.3 Å². The van der Waals surface area contributed by atoms with E-state index >= 15 is 0 Å². The molecule has 1 aromatic carbocycles. The molecule has 0 unspecified atom stereocenters. The molecule has 6 nitrogen and oxygen atoms in total. The van der Waals surface area contributed by atoms with E-state index in [2.05, 4.69) is 40.1 Å². The van der Waals surface area contributed by atoms with Crippen LogP contribution in [0.2, 0.25) is 0 Å². The SMILES string of the molecule is C=C(C)c1cnc2c(NCCc3ccc(OC)cc3)nc(-c3cncc(C)c3)cn12. The third-order valence-electron chi connectivity index (χ3n) is 4.97. The van der Waals surface area contributed by atoms with Gasteiger partial charge in [0, 0.05) is 30.7 Å². The van der Waals surface area contributed by atoms with Crippen molar-refractivity contribution < 1.29 is 4.74 Å². The van der Waals surface area contributed by atoms with E-state index in [1.165, 1.54) is 5.56 Å². The van der Waals surface area contributed by atoms with Crippen molar-refractivity contribution in [3.63, 3.8) is 0 Å². The molecule has 0 bridgehead atoms. The number of pyridine rings is 1. The molecular formula is C24H25N5O. The number of aryl methyl sites for hydroxylation is 1. The van der Waals surface area contributed by atoms with Crippen molar-refractivity contribution in [3.8, 4) is 17.0 Å². The van der Waals surface area contributed by atoms with E-state index < -0.39 is 0 Å². The molecule has 0 aliphatic heterocycles. The minimum absolute atomic E-state index is 0.736. The molecule has 0 spiro atoms. The molecule has 0 radical (unpaired) electrons. The van der Waals surface area contributed by atoms with Crippen molar-refractivity contribution in [1.82, 2.24) is 19.4 Å². The highest BCUT2D eigenvalue weighted by atomic mass is 16.5. The fourth-order valence-corrected chi connectivity index (χ4v) is 3.37. The number of hydrogen-bond acceptors (Lipinski definition) is 5. The third kappa shape index (κ3) is 4.03. The number of benzene rings is 1. The summed E-state index contributed by atoms with van der Waals surface area (Å²) < 4.78 is 7.27. The first kappa shape index (κ1) is 19.6. The summed E-state index contributed by atoms with van der Waals surface area (Å²) in [7, 11) is 1.67. The molecule has 4 aromatic rings. The molecule has 0 saturated carbocycles. The van der Waals surface area contributed by atoms with E-state index in [1.807, 2.05) is 55.2 Å². The van der Waals surface area contributed by atoms with Gasteiger partial charge in [0.2, 0.25) is 0 Å². The Morgan fingerprint density at radius 1 is 1.17 bits per heavy atom. The largest absolute Gasteiger partial charge is 0.497 e. The molecule has 0 amide bonds. The second kappa shape index (κ2) is 8.37. The Balaban J connectivity index is 1.65. The van der Waals surface area contributed by atoms with Gasteiger partial charge in [-0.3, -0.25) is 9.38 Å². The van der Waals surface area contributed by atoms with Crippen LogP contribution in [-0.4, -0.2) is 33.0 Å². The van der Waals surface area contributed by atoms with Gasteiger partial charge < -0.3 is 10.1 Å². The molecule has 30 heavy (non-hydrogen) atoms. The van der Waals surface area contributed by atoms with Gasteiger partial charge in [-0.15, -0.1) is 0 Å². The maximum Gasteiger partial charge on any atom is 0.180 e. The summed E-state index contributed by atoms with van der Waals surface area (Å²) in [5, 5.41) is 3.47. The molecule has 0 fully saturated rings. The highest BCUT2D eigenvalue weighted by Crippen LogP contribution is 2.25. The first-order chi connectivity index (χ1) is 14.5. The van der Waals surface area contributed by atoms with E-state index in [4.69, 9.17) is 9.72 Å². The summed E-state index contributed by atoms with van der Waals surface area (Å²) in [6.07, 6.45) is 8.37. The van der Waals surface area contributed by atoms with E-state index in [9.17, 15) is 0 Å². The number of nitrogens with one attached hydrogen (secondary N) is 1. The number of fused-ring (bicyclic) bond motifs is 1. The number of rotatable bonds is 7. The van der Waals surface area contributed by atoms with Gasteiger partial charge in [0.1, 0.15) is 5.75 Å². The smallest absolute Gasteiger partial charge is 0.180 e. The molecule has 3 heterocycles. The molecule has 0 aliphatic carbocycles. The summed E-state index contributed by atoms with van der Waals surface area (Å²) in [5.41, 5.74) is 6.83. The molecule has 0 saturated heterocycles. The van der Waals surface area contributed by atoms with Crippen molar-refractivity contribution in [3.05, 3.63) is 78.5 Å². The number of methoxy groups -OCH3 is 1. The molecule has 0 aliphatic rings. The van der Waals surface area contributed by atoms with E-state index in [0.29, 0.717) is 0 Å². The predicted molar refractivity (Wildman–Crippen MR) is 121 cm³/mol. The Hall–Kier alpha value is -3.67. The predicted octanol–water partition coefficient (Wildman–Crippen LogP) is 4.80. The van der Waals surface area contributed by atoms with Crippen molar-refractivity contribution in [2.75, 3.05) is 19.0 Å². The maximum atomic E-state index is 5.23. The van der Waals surface area contributed by atoms with Gasteiger partial charge in [0.25, 0.3) is 0 Å². The van der Waals surface area contributed by atoms with Crippen LogP contribution in [0.4, 0.5) is 5.82 Å². The van der Waals surface area contributed by atoms with Crippen LogP contribution in [0.3, 0.4) is 0 Å². The Kier molecular flexibility index (Phi) is 5.48. The fourth-order valence-electron chi connectivity index (χ4n) is 3.37. The first-order valence-corrected chi connectivity index (χ1v) is 9.88. The van der Waals surface area contributed by atoms with Crippen LogP contribution < -0.4 is 10.1 Å². The van der Waals surface area contributed by atoms with Crippen molar-refractivity contribution in [2.24, 2.45) is 0 Å². The number of allylic oxidation sites excluding steroid dienone is 1. The van der Waals surface area contributed by atoms with Crippen LogP contribution in [0.1, 0.15) is 23.7 Å². The van der Waals surface area contributed by atoms with Crippen molar-refractivity contribution in [1.29, 1.82) is 0 Å². The molecular weight excluding hydrogens is 374 g/mol. The molecule has 0 atom stereocenters. The standard InChI is InChI=1S/C24H25N5O/c1-16(2)22-14-27-24-23(26-10-9-18-5-7-20(30-4)8-6-18)28-21(15-29(22)24)19-11-17(3)12-25-13-19/h5-8,11-15H,1,9-10H2,2-4H3,(H,26,28). The average molecular weight is 399 g/mol. The Morgan fingerprint density at radius 3 is 2.67 bits per heavy atom. The highest BCUT2D eigenvalue weighted by molar-refractivity contribution is 5.73. The van der Waals surface area contributed by atoms with Gasteiger partial charge in [-0.1, -0.05) is 18.7 Å². The fraction of sp³-hybridized carbons (Fsp3) is 0.208. The molecule has 152 valence electrons. The van der Waals surface area contributed by atoms with Crippen LogP contribution in [0.25, 0.3) is 22.5 Å². The lowest BCUT2D eigenvalue weighted by Crippen LogP contribution is -2.09. The van der Waals surface area contributed by atoms with Crippen LogP contribution in [-0.2, 0) is 6.42 Å². The lowest BCUT2D eigenvalue weighted by molar-refractivity contribution is 0.414. The van der Waals surface area contributed by atoms with Crippen molar-refractivity contribution in [2.45, 2.75) is 20.3 Å². The zero-order valence-electron chi connectivity index (χ0n) is 17.5. The van der Waals surface area contributed by atoms with Gasteiger partial charge in [-0.2, -0.15) is 0 Å². The second-order valence-corrected chi connectivity index (χ2v) is 7.37. The zero-order chi connectivity index (χ0) is 21.1. The summed E-state index contributed by atoms with van der Waals surface area (Å²) >= 11 is 0. The minimum atomic E-state index is 0.736. The molecule has 6 heteroatoms. The number of nitrogens with zero attached hydrogens (tertiary/aromatic N) is 4. The lowest BCUT2D eigenvalue weighted by Gasteiger charge is -2.12. The van der Waals surface area contributed by atoms with Crippen LogP contribution in [0, 0.1) is 6.92 Å². The third-order valence-corrected chi connectivity index (χ3v) is 4.97. The van der Waals surface area contributed by atoms with Gasteiger partial charge in [0.15, 0.2) is 11.5 Å². The normalized spacial score (nSPS) is 10.9. The summed E-state index contributed by atoms with van der Waals surface area (Å²) in [6.45, 7) is 8.83. The number of hydrogen-bond donors (Lipinski definition) is 1. The van der Waals surface area contributed by atoms with Gasteiger partial charge in [0.05, 0.1) is 24.7 Å². The number of ether oxygens (including phenoxy) is 1. The maximum absolute atomic E-state index is 5.23. The van der Waals surface area contributed by atoms with Gasteiger partial charge >= 0.3 is 0 Å². The summed E-state index contributed by atoms with van der Waals surface area (Å²) in [5.74, 6) is 1.61. The van der Waals surface area contributed by atoms with Crippen molar-refractivity contribution >= 4 is 17.0 Å². The Morgan fingerprint density at radius 2 is 1.97 bits per heavy atom. The summed E-state index contributed by atoms with van der Waals surface area (Å²) in [6, 6.07) is 10.2. The van der Waals surface area contributed by atoms with E-state index in [-0.39, 0.29) is 0 Å². The lowest BCUT2D eigenvalue weighted by atomic mass is 10.1. The Bertz CT molecular complexity index is 1190. The van der Waals surface area contributed by atoms with Crippen LogP contribution in [0.15, 0.2) is 61.7 Å². The van der Waals surface area contributed by atoms with Crippen LogP contribution in [0.5, 0.6) is 5.75 Å². The molecule has 4 rings (SSSR count). The summed E-state index contributed by atoms with van der Waals surface area (Å²) in [4.78, 5) is 13.8. The highest BCUT2D eigenvalue weighted by Gasteiger charge is 2.13. The molecule has 3 aromatic heterocycles. The zero-order valence-corrected chi connectivity index (χ0v) is 17.5. The van der Waals surface area contributed by atoms with Gasteiger partial charge in [-0.05, 0) is 55.2 Å². The minimum Gasteiger partial charge on any atom is -0.497 e. The Labute approximate surface area is 176 Å². The number of aromatic nitrogens is 4.